The molecule has 8 nitrogen and oxygen atoms in total. The Bertz CT molecular complexity index is 1140. The zero-order chi connectivity index (χ0) is 24.1. The van der Waals surface area contributed by atoms with Gasteiger partial charge in [-0.05, 0) is 55.3 Å². The number of ether oxygens (including phenoxy) is 2. The summed E-state index contributed by atoms with van der Waals surface area (Å²) >= 11 is 0. The predicted octanol–water partition coefficient (Wildman–Crippen LogP) is 3.75. The third-order valence-electron chi connectivity index (χ3n) is 5.93. The number of carbonyl (C=O) groups is 1. The number of methoxy groups -OCH3 is 2. The maximum Gasteiger partial charge on any atom is 0.227 e. The molecule has 4 rings (SSSR count). The molecule has 0 saturated carbocycles. The lowest BCUT2D eigenvalue weighted by molar-refractivity contribution is -0.130. The van der Waals surface area contributed by atoms with Crippen molar-refractivity contribution in [2.45, 2.75) is 20.3 Å². The Morgan fingerprint density at radius 2 is 1.68 bits per heavy atom. The molecule has 2 aromatic carbocycles. The van der Waals surface area contributed by atoms with Gasteiger partial charge in [0.25, 0.3) is 0 Å². The fraction of sp³-hybridized carbons (Fsp3) is 0.346. The van der Waals surface area contributed by atoms with Gasteiger partial charge in [-0.15, -0.1) is 0 Å². The van der Waals surface area contributed by atoms with Crippen LogP contribution in [0.2, 0.25) is 0 Å². The van der Waals surface area contributed by atoms with E-state index in [9.17, 15) is 4.79 Å². The van der Waals surface area contributed by atoms with E-state index >= 15 is 0 Å². The maximum atomic E-state index is 12.9. The first-order valence-electron chi connectivity index (χ1n) is 11.4. The summed E-state index contributed by atoms with van der Waals surface area (Å²) in [7, 11) is 3.30. The minimum absolute atomic E-state index is 0.135. The van der Waals surface area contributed by atoms with Gasteiger partial charge in [-0.25, -0.2) is 4.98 Å². The number of nitrogens with zero attached hydrogens (tertiary/aromatic N) is 4. The first-order chi connectivity index (χ1) is 16.4. The van der Waals surface area contributed by atoms with Crippen LogP contribution in [-0.4, -0.2) is 61.2 Å². The number of piperazine rings is 1. The predicted molar refractivity (Wildman–Crippen MR) is 133 cm³/mol. The van der Waals surface area contributed by atoms with Crippen LogP contribution in [0.25, 0.3) is 0 Å². The van der Waals surface area contributed by atoms with Crippen LogP contribution in [-0.2, 0) is 11.2 Å². The summed E-state index contributed by atoms with van der Waals surface area (Å²) < 4.78 is 10.5. The number of hydrogen-bond acceptors (Lipinski definition) is 7. The first-order valence-corrected chi connectivity index (χ1v) is 11.4. The number of anilines is 3. The third kappa shape index (κ3) is 5.57. The standard InChI is InChI=1S/C26H31N5O3/c1-18-15-20(5-10-23(18)34-4)17-25(32)30-11-13-31(14-12-30)26-27-19(2)16-24(29-26)28-21-6-8-22(33-3)9-7-21/h5-10,15-16H,11-14,17H2,1-4H3,(H,27,28,29). The lowest BCUT2D eigenvalue weighted by Gasteiger charge is -2.35. The van der Waals surface area contributed by atoms with Crippen molar-refractivity contribution in [2.24, 2.45) is 0 Å². The minimum Gasteiger partial charge on any atom is -0.497 e. The van der Waals surface area contributed by atoms with Gasteiger partial charge in [0.2, 0.25) is 11.9 Å². The van der Waals surface area contributed by atoms with Gasteiger partial charge in [0.1, 0.15) is 17.3 Å². The Balaban J connectivity index is 1.36. The SMILES string of the molecule is COc1ccc(Nc2cc(C)nc(N3CCN(C(=O)Cc4ccc(OC)c(C)c4)CC3)n2)cc1. The van der Waals surface area contributed by atoms with Crippen LogP contribution >= 0.6 is 0 Å². The summed E-state index contributed by atoms with van der Waals surface area (Å²) in [5.74, 6) is 3.19. The second-order valence-electron chi connectivity index (χ2n) is 8.40. The Hall–Kier alpha value is -3.81. The zero-order valence-electron chi connectivity index (χ0n) is 20.2. The topological polar surface area (TPSA) is 79.8 Å². The number of aryl methyl sites for hydroxylation is 2. The molecule has 0 aliphatic carbocycles. The monoisotopic (exact) mass is 461 g/mol. The molecule has 0 atom stereocenters. The van der Waals surface area contributed by atoms with Crippen molar-refractivity contribution in [1.82, 2.24) is 14.9 Å². The molecule has 34 heavy (non-hydrogen) atoms. The van der Waals surface area contributed by atoms with Gasteiger partial charge >= 0.3 is 0 Å². The molecule has 3 aromatic rings. The highest BCUT2D eigenvalue weighted by Crippen LogP contribution is 2.22. The number of benzene rings is 2. The number of carbonyl (C=O) groups excluding carboxylic acids is 1. The van der Waals surface area contributed by atoms with Crippen molar-refractivity contribution in [1.29, 1.82) is 0 Å². The highest BCUT2D eigenvalue weighted by Gasteiger charge is 2.23. The molecule has 2 heterocycles. The van der Waals surface area contributed by atoms with Crippen molar-refractivity contribution in [2.75, 3.05) is 50.6 Å². The molecular weight excluding hydrogens is 430 g/mol. The van der Waals surface area contributed by atoms with Gasteiger partial charge < -0.3 is 24.6 Å². The number of aromatic nitrogens is 2. The molecule has 1 saturated heterocycles. The number of amides is 1. The van der Waals surface area contributed by atoms with Crippen molar-refractivity contribution in [3.8, 4) is 11.5 Å². The van der Waals surface area contributed by atoms with Crippen molar-refractivity contribution in [3.05, 3.63) is 65.4 Å². The van der Waals surface area contributed by atoms with E-state index in [4.69, 9.17) is 14.5 Å². The van der Waals surface area contributed by atoms with Crippen LogP contribution < -0.4 is 19.7 Å². The highest BCUT2D eigenvalue weighted by molar-refractivity contribution is 5.79. The number of nitrogens with one attached hydrogen (secondary N) is 1. The largest absolute Gasteiger partial charge is 0.497 e. The molecule has 1 aliphatic heterocycles. The molecular formula is C26H31N5O3. The molecule has 0 spiro atoms. The van der Waals surface area contributed by atoms with Crippen LogP contribution in [0.1, 0.15) is 16.8 Å². The van der Waals surface area contributed by atoms with E-state index < -0.39 is 0 Å². The quantitative estimate of drug-likeness (QED) is 0.574. The Morgan fingerprint density at radius 1 is 0.941 bits per heavy atom. The van der Waals surface area contributed by atoms with Crippen LogP contribution in [0.3, 0.4) is 0 Å². The van der Waals surface area contributed by atoms with Gasteiger partial charge in [0.05, 0.1) is 20.6 Å². The van der Waals surface area contributed by atoms with Crippen LogP contribution in [0.5, 0.6) is 11.5 Å². The van der Waals surface area contributed by atoms with Crippen molar-refractivity contribution >= 4 is 23.4 Å². The minimum atomic E-state index is 0.135. The number of hydrogen-bond donors (Lipinski definition) is 1. The lowest BCUT2D eigenvalue weighted by Crippen LogP contribution is -2.49. The summed E-state index contributed by atoms with van der Waals surface area (Å²) in [6.45, 7) is 6.63. The zero-order valence-corrected chi connectivity index (χ0v) is 20.2. The molecule has 0 bridgehead atoms. The van der Waals surface area contributed by atoms with E-state index in [2.05, 4.69) is 15.2 Å². The van der Waals surface area contributed by atoms with Gasteiger partial charge in [-0.3, -0.25) is 4.79 Å². The van der Waals surface area contributed by atoms with E-state index in [1.54, 1.807) is 14.2 Å². The molecule has 1 amide bonds. The maximum absolute atomic E-state index is 12.9. The summed E-state index contributed by atoms with van der Waals surface area (Å²) in [6.07, 6.45) is 0.391. The second kappa shape index (κ2) is 10.4. The molecule has 0 radical (unpaired) electrons. The Labute approximate surface area is 200 Å². The van der Waals surface area contributed by atoms with E-state index in [0.717, 1.165) is 39.8 Å². The molecule has 1 N–H and O–H groups in total. The van der Waals surface area contributed by atoms with E-state index in [1.165, 1.54) is 0 Å². The Morgan fingerprint density at radius 3 is 2.32 bits per heavy atom. The average molecular weight is 462 g/mol. The van der Waals surface area contributed by atoms with E-state index in [0.29, 0.717) is 38.5 Å². The molecule has 1 aromatic heterocycles. The molecule has 1 fully saturated rings. The molecule has 8 heteroatoms. The summed E-state index contributed by atoms with van der Waals surface area (Å²) in [4.78, 5) is 26.3. The van der Waals surface area contributed by atoms with Crippen LogP contribution in [0.15, 0.2) is 48.5 Å². The smallest absolute Gasteiger partial charge is 0.227 e. The highest BCUT2D eigenvalue weighted by atomic mass is 16.5. The average Bonchev–Trinajstić information content (AvgIpc) is 2.84. The van der Waals surface area contributed by atoms with Gasteiger partial charge in [-0.2, -0.15) is 4.98 Å². The molecule has 1 aliphatic rings. The normalized spacial score (nSPS) is 13.5. The molecule has 178 valence electrons. The number of rotatable bonds is 7. The first kappa shape index (κ1) is 23.4. The van der Waals surface area contributed by atoms with Crippen molar-refractivity contribution < 1.29 is 14.3 Å². The van der Waals surface area contributed by atoms with Crippen LogP contribution in [0.4, 0.5) is 17.5 Å². The Kier molecular flexibility index (Phi) is 7.15. The van der Waals surface area contributed by atoms with Crippen LogP contribution in [0, 0.1) is 13.8 Å². The fourth-order valence-electron chi connectivity index (χ4n) is 4.07. The van der Waals surface area contributed by atoms with Crippen molar-refractivity contribution in [3.63, 3.8) is 0 Å². The lowest BCUT2D eigenvalue weighted by atomic mass is 10.1. The summed E-state index contributed by atoms with van der Waals surface area (Å²) in [6, 6.07) is 15.5. The third-order valence-corrected chi connectivity index (χ3v) is 5.93. The van der Waals surface area contributed by atoms with E-state index in [1.807, 2.05) is 67.3 Å². The second-order valence-corrected chi connectivity index (χ2v) is 8.40. The van der Waals surface area contributed by atoms with Gasteiger partial charge in [0.15, 0.2) is 0 Å². The van der Waals surface area contributed by atoms with Gasteiger partial charge in [-0.1, -0.05) is 12.1 Å². The summed E-state index contributed by atoms with van der Waals surface area (Å²) in [5, 5.41) is 3.34. The summed E-state index contributed by atoms with van der Waals surface area (Å²) in [5.41, 5.74) is 3.85. The van der Waals surface area contributed by atoms with Gasteiger partial charge in [0, 0.05) is 43.6 Å². The fourth-order valence-corrected chi connectivity index (χ4v) is 4.07. The van der Waals surface area contributed by atoms with E-state index in [-0.39, 0.29) is 5.91 Å². The molecule has 0 unspecified atom stereocenters.